The van der Waals surface area contributed by atoms with E-state index in [4.69, 9.17) is 4.74 Å². The first-order chi connectivity index (χ1) is 6.75. The van der Waals surface area contributed by atoms with E-state index in [1.165, 1.54) is 0 Å². The van der Waals surface area contributed by atoms with Crippen LogP contribution in [-0.4, -0.2) is 30.4 Å². The van der Waals surface area contributed by atoms with Gasteiger partial charge >= 0.3 is 0 Å². The van der Waals surface area contributed by atoms with Crippen LogP contribution in [0.15, 0.2) is 24.3 Å². The highest BCUT2D eigenvalue weighted by molar-refractivity contribution is 14.1. The Balaban J connectivity index is 2.03. The highest BCUT2D eigenvalue weighted by Crippen LogP contribution is 2.18. The van der Waals surface area contributed by atoms with Gasteiger partial charge in [-0.3, -0.25) is 0 Å². The van der Waals surface area contributed by atoms with Gasteiger partial charge in [0, 0.05) is 16.7 Å². The van der Waals surface area contributed by atoms with Gasteiger partial charge in [0.1, 0.15) is 18.0 Å². The molecule has 0 unspecified atom stereocenters. The molecule has 76 valence electrons. The molecule has 1 aliphatic heterocycles. The fraction of sp³-hybridized carbons (Fsp3) is 0.400. The molecule has 0 aromatic heterocycles. The van der Waals surface area contributed by atoms with Crippen LogP contribution in [0.5, 0.6) is 5.75 Å². The molecule has 4 heteroatoms. The van der Waals surface area contributed by atoms with Crippen molar-refractivity contribution in [3.63, 3.8) is 0 Å². The lowest BCUT2D eigenvalue weighted by Crippen LogP contribution is -2.29. The Morgan fingerprint density at radius 1 is 1.43 bits per heavy atom. The first-order valence-electron chi connectivity index (χ1n) is 4.57. The molecule has 0 amide bonds. The molecule has 1 heterocycles. The number of halogens is 1. The quantitative estimate of drug-likeness (QED) is 0.801. The molecule has 1 aliphatic rings. The maximum absolute atomic E-state index is 9.53. The van der Waals surface area contributed by atoms with Gasteiger partial charge in [-0.05, 0) is 40.8 Å². The minimum Gasteiger partial charge on any atom is -0.486 e. The van der Waals surface area contributed by atoms with E-state index < -0.39 is 6.10 Å². The van der Waals surface area contributed by atoms with Crippen LogP contribution in [0.4, 0.5) is 0 Å². The van der Waals surface area contributed by atoms with E-state index in [2.05, 4.69) is 27.9 Å². The predicted octanol–water partition coefficient (Wildman–Crippen LogP) is 1.00. The second-order valence-corrected chi connectivity index (χ2v) is 4.58. The summed E-state index contributed by atoms with van der Waals surface area (Å²) in [5, 5.41) is 12.6. The number of ether oxygens (including phenoxy) is 1. The van der Waals surface area contributed by atoms with Gasteiger partial charge < -0.3 is 15.2 Å². The summed E-state index contributed by atoms with van der Waals surface area (Å²) in [5.74, 6) is 0.824. The molecule has 0 bridgehead atoms. The highest BCUT2D eigenvalue weighted by atomic mass is 127. The molecular weight excluding hydrogens is 293 g/mol. The van der Waals surface area contributed by atoms with Gasteiger partial charge in [0.25, 0.3) is 0 Å². The Morgan fingerprint density at radius 3 is 2.93 bits per heavy atom. The molecule has 3 nitrogen and oxygen atoms in total. The van der Waals surface area contributed by atoms with Crippen molar-refractivity contribution in [3.8, 4) is 5.75 Å². The SMILES string of the molecule is O[C@@H]1CNC[C@H]1Oc1cccc(I)c1. The van der Waals surface area contributed by atoms with Crippen LogP contribution in [0.1, 0.15) is 0 Å². The monoisotopic (exact) mass is 305 g/mol. The fourth-order valence-electron chi connectivity index (χ4n) is 1.48. The molecule has 1 saturated heterocycles. The van der Waals surface area contributed by atoms with Crippen molar-refractivity contribution in [1.82, 2.24) is 5.32 Å². The van der Waals surface area contributed by atoms with Gasteiger partial charge in [-0.1, -0.05) is 6.07 Å². The standard InChI is InChI=1S/C10H12INO2/c11-7-2-1-3-8(4-7)14-10-6-12-5-9(10)13/h1-4,9-10,12-13H,5-6H2/t9-,10-/m1/s1. The minimum atomic E-state index is -0.395. The van der Waals surface area contributed by atoms with Crippen LogP contribution in [0.25, 0.3) is 0 Å². The Kier molecular flexibility index (Phi) is 3.25. The Bertz CT molecular complexity index is 319. The molecule has 0 spiro atoms. The minimum absolute atomic E-state index is 0.117. The predicted molar refractivity (Wildman–Crippen MR) is 62.5 cm³/mol. The topological polar surface area (TPSA) is 41.5 Å². The molecule has 2 N–H and O–H groups in total. The average Bonchev–Trinajstić information content (AvgIpc) is 2.52. The van der Waals surface area contributed by atoms with Crippen LogP contribution in [0.2, 0.25) is 0 Å². The average molecular weight is 305 g/mol. The van der Waals surface area contributed by atoms with Crippen LogP contribution in [0, 0.1) is 3.57 Å². The second-order valence-electron chi connectivity index (χ2n) is 3.34. The van der Waals surface area contributed by atoms with Crippen molar-refractivity contribution in [2.45, 2.75) is 12.2 Å². The normalized spacial score (nSPS) is 26.4. The van der Waals surface area contributed by atoms with Crippen molar-refractivity contribution < 1.29 is 9.84 Å². The summed E-state index contributed by atoms with van der Waals surface area (Å²) in [5.41, 5.74) is 0. The molecule has 1 fully saturated rings. The van der Waals surface area contributed by atoms with E-state index >= 15 is 0 Å². The molecule has 1 aromatic carbocycles. The van der Waals surface area contributed by atoms with Crippen molar-refractivity contribution >= 4 is 22.6 Å². The Morgan fingerprint density at radius 2 is 2.29 bits per heavy atom. The van der Waals surface area contributed by atoms with E-state index in [1.807, 2.05) is 24.3 Å². The van der Waals surface area contributed by atoms with Gasteiger partial charge in [0.05, 0.1) is 0 Å². The summed E-state index contributed by atoms with van der Waals surface area (Å²) < 4.78 is 6.79. The van der Waals surface area contributed by atoms with Gasteiger partial charge in [0.2, 0.25) is 0 Å². The van der Waals surface area contributed by atoms with Crippen molar-refractivity contribution in [1.29, 1.82) is 0 Å². The molecule has 1 aromatic rings. The summed E-state index contributed by atoms with van der Waals surface area (Å²) in [7, 11) is 0. The van der Waals surface area contributed by atoms with Gasteiger partial charge in [-0.15, -0.1) is 0 Å². The zero-order valence-electron chi connectivity index (χ0n) is 7.61. The number of aliphatic hydroxyl groups excluding tert-OH is 1. The van der Waals surface area contributed by atoms with E-state index in [1.54, 1.807) is 0 Å². The largest absolute Gasteiger partial charge is 0.486 e. The second kappa shape index (κ2) is 4.46. The van der Waals surface area contributed by atoms with Crippen molar-refractivity contribution in [2.75, 3.05) is 13.1 Å². The van der Waals surface area contributed by atoms with Crippen molar-refractivity contribution in [3.05, 3.63) is 27.8 Å². The summed E-state index contributed by atoms with van der Waals surface area (Å²) in [6, 6.07) is 7.83. The molecule has 0 radical (unpaired) electrons. The maximum Gasteiger partial charge on any atom is 0.138 e. The lowest BCUT2D eigenvalue weighted by molar-refractivity contribution is 0.0737. The Labute approximate surface area is 96.6 Å². The van der Waals surface area contributed by atoms with Crippen molar-refractivity contribution in [2.24, 2.45) is 0 Å². The van der Waals surface area contributed by atoms with Crippen LogP contribution in [0.3, 0.4) is 0 Å². The number of hydrogen-bond acceptors (Lipinski definition) is 3. The first kappa shape index (κ1) is 10.2. The summed E-state index contributed by atoms with van der Waals surface area (Å²) in [6.07, 6.45) is -0.513. The number of hydrogen-bond donors (Lipinski definition) is 2. The third-order valence-electron chi connectivity index (χ3n) is 2.21. The third kappa shape index (κ3) is 2.37. The zero-order chi connectivity index (χ0) is 9.97. The molecule has 0 aliphatic carbocycles. The van der Waals surface area contributed by atoms with Crippen LogP contribution >= 0.6 is 22.6 Å². The van der Waals surface area contributed by atoms with Crippen LogP contribution < -0.4 is 10.1 Å². The van der Waals surface area contributed by atoms with Gasteiger partial charge in [-0.25, -0.2) is 0 Å². The number of benzene rings is 1. The lowest BCUT2D eigenvalue weighted by Gasteiger charge is -2.16. The third-order valence-corrected chi connectivity index (χ3v) is 2.88. The fourth-order valence-corrected chi connectivity index (χ4v) is 1.99. The number of rotatable bonds is 2. The van der Waals surface area contributed by atoms with E-state index in [9.17, 15) is 5.11 Å². The molecule has 14 heavy (non-hydrogen) atoms. The molecule has 0 saturated carbocycles. The summed E-state index contributed by atoms with van der Waals surface area (Å²) in [6.45, 7) is 1.33. The van der Waals surface area contributed by atoms with E-state index in [0.717, 1.165) is 9.32 Å². The molecule has 2 rings (SSSR count). The molecule has 2 atom stereocenters. The van der Waals surface area contributed by atoms with Gasteiger partial charge in [0.15, 0.2) is 0 Å². The number of nitrogens with one attached hydrogen (secondary N) is 1. The van der Waals surface area contributed by atoms with E-state index in [-0.39, 0.29) is 6.10 Å². The Hall–Kier alpha value is -0.330. The number of β-amino-alcohol motifs (C(OH)–C–C–N with tert-alkyl or cyclic N) is 1. The maximum atomic E-state index is 9.53. The summed E-state index contributed by atoms with van der Waals surface area (Å²) >= 11 is 2.24. The number of aliphatic hydroxyl groups is 1. The smallest absolute Gasteiger partial charge is 0.138 e. The zero-order valence-corrected chi connectivity index (χ0v) is 9.77. The highest BCUT2D eigenvalue weighted by Gasteiger charge is 2.26. The molecular formula is C10H12INO2. The van der Waals surface area contributed by atoms with E-state index in [0.29, 0.717) is 13.1 Å². The van der Waals surface area contributed by atoms with Gasteiger partial charge in [-0.2, -0.15) is 0 Å². The first-order valence-corrected chi connectivity index (χ1v) is 5.64. The van der Waals surface area contributed by atoms with Crippen LogP contribution in [-0.2, 0) is 0 Å². The lowest BCUT2D eigenvalue weighted by atomic mass is 10.2. The summed E-state index contributed by atoms with van der Waals surface area (Å²) in [4.78, 5) is 0.